The average molecular weight is 383 g/mol. The first-order chi connectivity index (χ1) is 13.2. The van der Waals surface area contributed by atoms with Crippen molar-refractivity contribution in [1.82, 2.24) is 5.32 Å². The summed E-state index contributed by atoms with van der Waals surface area (Å²) < 4.78 is 9.62. The fourth-order valence-corrected chi connectivity index (χ4v) is 2.12. The molecule has 0 saturated heterocycles. The highest BCUT2D eigenvalue weighted by Crippen LogP contribution is 2.17. The number of rotatable bonds is 7. The molecule has 0 radical (unpaired) electrons. The van der Waals surface area contributed by atoms with Crippen LogP contribution in [0.2, 0.25) is 0 Å². The molecule has 0 saturated carbocycles. The molecule has 0 aliphatic heterocycles. The van der Waals surface area contributed by atoms with Crippen molar-refractivity contribution in [2.45, 2.75) is 12.6 Å². The van der Waals surface area contributed by atoms with Gasteiger partial charge in [0.05, 0.1) is 0 Å². The van der Waals surface area contributed by atoms with E-state index in [0.717, 1.165) is 13.0 Å². The van der Waals surface area contributed by atoms with Gasteiger partial charge < -0.3 is 19.9 Å². The number of hydrogen-bond donors (Lipinski definition) is 2. The number of ether oxygens (including phenoxy) is 2. The molecule has 8 nitrogen and oxygen atoms in total. The Labute approximate surface area is 160 Å². The normalized spacial score (nSPS) is 12.2. The van der Waals surface area contributed by atoms with Gasteiger partial charge in [-0.05, 0) is 30.3 Å². The number of nitrogens with one attached hydrogen (secondary N) is 1. The Balaban J connectivity index is 2.06. The van der Waals surface area contributed by atoms with Gasteiger partial charge in [-0.3, -0.25) is 9.59 Å². The number of hydrogen-bond acceptors (Lipinski definition) is 6. The van der Waals surface area contributed by atoms with E-state index in [4.69, 9.17) is 9.47 Å². The van der Waals surface area contributed by atoms with Crippen molar-refractivity contribution in [2.24, 2.45) is 0 Å². The number of benzene rings is 2. The lowest BCUT2D eigenvalue weighted by molar-refractivity contribution is -0.164. The Bertz CT molecular complexity index is 906. The predicted octanol–water partition coefficient (Wildman–Crippen LogP) is 2.54. The third-order valence-electron chi connectivity index (χ3n) is 3.60. The molecule has 2 aromatic rings. The third kappa shape index (κ3) is 5.04. The van der Waals surface area contributed by atoms with Gasteiger partial charge in [-0.1, -0.05) is 36.9 Å². The summed E-state index contributed by atoms with van der Waals surface area (Å²) in [6.07, 6.45) is -0.519. The number of amides is 1. The monoisotopic (exact) mass is 383 g/mol. The Morgan fingerprint density at radius 1 is 1.00 bits per heavy atom. The largest absolute Gasteiger partial charge is 0.516 e. The van der Waals surface area contributed by atoms with Crippen molar-refractivity contribution in [3.8, 4) is 5.75 Å². The molecule has 0 spiro atoms. The van der Waals surface area contributed by atoms with Gasteiger partial charge in [0.15, 0.2) is 5.78 Å². The van der Waals surface area contributed by atoms with Crippen molar-refractivity contribution >= 4 is 23.8 Å². The molecule has 1 amide bonds. The smallest absolute Gasteiger partial charge is 0.477 e. The number of carbonyl (C=O) groups is 4. The summed E-state index contributed by atoms with van der Waals surface area (Å²) in [6.45, 7) is 4.16. The third-order valence-corrected chi connectivity index (χ3v) is 3.60. The molecular weight excluding hydrogens is 366 g/mol. The quantitative estimate of drug-likeness (QED) is 0.248. The molecule has 1 unspecified atom stereocenters. The summed E-state index contributed by atoms with van der Waals surface area (Å²) in [4.78, 5) is 46.8. The maximum Gasteiger partial charge on any atom is 0.516 e. The average Bonchev–Trinajstić information content (AvgIpc) is 2.68. The summed E-state index contributed by atoms with van der Waals surface area (Å²) in [6, 6.07) is 14.2. The van der Waals surface area contributed by atoms with Crippen LogP contribution >= 0.6 is 0 Å². The van der Waals surface area contributed by atoms with Crippen LogP contribution in [0.5, 0.6) is 5.75 Å². The lowest BCUT2D eigenvalue weighted by atomic mass is 10.0. The molecule has 0 aliphatic rings. The van der Waals surface area contributed by atoms with Crippen LogP contribution in [0.15, 0.2) is 67.3 Å². The lowest BCUT2D eigenvalue weighted by Crippen LogP contribution is -2.55. The van der Waals surface area contributed by atoms with Gasteiger partial charge in [0.1, 0.15) is 5.75 Å². The minimum atomic E-state index is -2.34. The highest BCUT2D eigenvalue weighted by atomic mass is 16.7. The molecule has 2 N–H and O–H groups in total. The molecule has 2 rings (SSSR count). The van der Waals surface area contributed by atoms with E-state index in [1.54, 1.807) is 30.3 Å². The summed E-state index contributed by atoms with van der Waals surface area (Å²) in [5.74, 6) is -2.64. The maximum absolute atomic E-state index is 12.3. The van der Waals surface area contributed by atoms with Gasteiger partial charge >= 0.3 is 12.1 Å². The molecule has 2 aromatic carbocycles. The highest BCUT2D eigenvalue weighted by molar-refractivity contribution is 6.09. The Hall–Kier alpha value is -3.94. The maximum atomic E-state index is 12.3. The van der Waals surface area contributed by atoms with Crippen LogP contribution < -0.4 is 10.1 Å². The highest BCUT2D eigenvalue weighted by Gasteiger charge is 2.39. The second-order valence-corrected chi connectivity index (χ2v) is 5.71. The van der Waals surface area contributed by atoms with Crippen molar-refractivity contribution < 1.29 is 33.8 Å². The van der Waals surface area contributed by atoms with Crippen molar-refractivity contribution in [2.75, 3.05) is 0 Å². The van der Waals surface area contributed by atoms with Gasteiger partial charge in [-0.15, -0.1) is 0 Å². The number of carbonyl (C=O) groups excluding carboxylic acids is 3. The number of ketones is 1. The SMILES string of the molecule is C=CC(=O)NC(C)(OC(=O)Oc1ccc(C(=O)c2ccccc2)cc1)C(=O)O. The van der Waals surface area contributed by atoms with Crippen molar-refractivity contribution in [1.29, 1.82) is 0 Å². The van der Waals surface area contributed by atoms with Crippen LogP contribution in [-0.2, 0) is 14.3 Å². The zero-order chi connectivity index (χ0) is 20.7. The topological polar surface area (TPSA) is 119 Å². The first-order valence-corrected chi connectivity index (χ1v) is 8.04. The van der Waals surface area contributed by atoms with Gasteiger partial charge in [0, 0.05) is 18.1 Å². The minimum absolute atomic E-state index is 0.0254. The molecule has 0 bridgehead atoms. The van der Waals surface area contributed by atoms with E-state index in [2.05, 4.69) is 6.58 Å². The van der Waals surface area contributed by atoms with Crippen LogP contribution in [0.25, 0.3) is 0 Å². The first kappa shape index (κ1) is 20.4. The van der Waals surface area contributed by atoms with Crippen LogP contribution in [0.3, 0.4) is 0 Å². The second kappa shape index (κ2) is 8.63. The van der Waals surface area contributed by atoms with E-state index in [1.807, 2.05) is 5.32 Å². The van der Waals surface area contributed by atoms with Crippen LogP contribution in [-0.4, -0.2) is 34.6 Å². The van der Waals surface area contributed by atoms with E-state index >= 15 is 0 Å². The minimum Gasteiger partial charge on any atom is -0.477 e. The molecule has 0 heterocycles. The van der Waals surface area contributed by atoms with E-state index in [-0.39, 0.29) is 11.5 Å². The lowest BCUT2D eigenvalue weighted by Gasteiger charge is -2.24. The Kier molecular flexibility index (Phi) is 6.28. The van der Waals surface area contributed by atoms with Crippen molar-refractivity contribution in [3.63, 3.8) is 0 Å². The van der Waals surface area contributed by atoms with Crippen LogP contribution in [0.1, 0.15) is 22.8 Å². The number of carboxylic acid groups (broad SMARTS) is 1. The molecule has 0 fully saturated rings. The molecule has 144 valence electrons. The summed E-state index contributed by atoms with van der Waals surface area (Å²) >= 11 is 0. The standard InChI is InChI=1S/C20H17NO7/c1-3-16(22)21-20(2,18(24)25)28-19(26)27-15-11-9-14(10-12-15)17(23)13-7-5-4-6-8-13/h3-12H,1H2,2H3,(H,21,22)(H,24,25). The Morgan fingerprint density at radius 2 is 1.57 bits per heavy atom. The zero-order valence-corrected chi connectivity index (χ0v) is 14.9. The number of aliphatic carboxylic acids is 1. The van der Waals surface area contributed by atoms with Gasteiger partial charge in [0.2, 0.25) is 5.91 Å². The molecular formula is C20H17NO7. The molecule has 0 aromatic heterocycles. The van der Waals surface area contributed by atoms with Crippen LogP contribution in [0, 0.1) is 0 Å². The second-order valence-electron chi connectivity index (χ2n) is 5.71. The fraction of sp³-hybridized carbons (Fsp3) is 0.100. The summed E-state index contributed by atoms with van der Waals surface area (Å²) in [7, 11) is 0. The summed E-state index contributed by atoms with van der Waals surface area (Å²) in [5.41, 5.74) is -1.46. The first-order valence-electron chi connectivity index (χ1n) is 8.04. The predicted molar refractivity (Wildman–Crippen MR) is 97.8 cm³/mol. The van der Waals surface area contributed by atoms with Gasteiger partial charge in [0.25, 0.3) is 5.72 Å². The van der Waals surface area contributed by atoms with Crippen molar-refractivity contribution in [3.05, 3.63) is 78.4 Å². The summed E-state index contributed by atoms with van der Waals surface area (Å²) in [5, 5.41) is 11.2. The Morgan fingerprint density at radius 3 is 2.11 bits per heavy atom. The van der Waals surface area contributed by atoms with Gasteiger partial charge in [-0.25, -0.2) is 9.59 Å². The van der Waals surface area contributed by atoms with Crippen LogP contribution in [0.4, 0.5) is 4.79 Å². The fourth-order valence-electron chi connectivity index (χ4n) is 2.12. The van der Waals surface area contributed by atoms with Gasteiger partial charge in [-0.2, -0.15) is 0 Å². The number of carboxylic acids is 1. The molecule has 8 heteroatoms. The van der Waals surface area contributed by atoms with E-state index in [0.29, 0.717) is 11.1 Å². The zero-order valence-electron chi connectivity index (χ0n) is 14.9. The van der Waals surface area contributed by atoms with E-state index < -0.39 is 23.8 Å². The molecule has 0 aliphatic carbocycles. The van der Waals surface area contributed by atoms with E-state index in [1.165, 1.54) is 24.3 Å². The molecule has 1 atom stereocenters. The van der Waals surface area contributed by atoms with E-state index in [9.17, 15) is 24.3 Å². The molecule has 28 heavy (non-hydrogen) atoms.